The van der Waals surface area contributed by atoms with E-state index in [9.17, 15) is 27.5 Å². The number of aliphatic hydroxyl groups excluding tert-OH is 1. The third-order valence-corrected chi connectivity index (χ3v) is 6.42. The molecule has 0 aliphatic heterocycles. The number of rotatable bonds is 7. The fourth-order valence-electron chi connectivity index (χ4n) is 4.22. The fraction of sp³-hybridized carbons (Fsp3) is 0.458. The van der Waals surface area contributed by atoms with E-state index in [1.807, 2.05) is 0 Å². The van der Waals surface area contributed by atoms with Gasteiger partial charge in [0.05, 0.1) is 11.5 Å². The number of carbonyl (C=O) groups excluding carboxylic acids is 1. The Labute approximate surface area is 178 Å². The lowest BCUT2D eigenvalue weighted by Gasteiger charge is -2.23. The summed E-state index contributed by atoms with van der Waals surface area (Å²) in [6, 6.07) is 8.71. The van der Waals surface area contributed by atoms with E-state index in [0.29, 0.717) is 11.1 Å². The second kappa shape index (κ2) is 7.93. The van der Waals surface area contributed by atoms with Crippen LogP contribution in [-0.4, -0.2) is 23.8 Å². The summed E-state index contributed by atoms with van der Waals surface area (Å²) in [5.41, 5.74) is 0.0946. The zero-order chi connectivity index (χ0) is 22.4. The fourth-order valence-corrected chi connectivity index (χ4v) is 4.22. The van der Waals surface area contributed by atoms with Crippen molar-refractivity contribution in [1.82, 2.24) is 5.32 Å². The molecule has 166 valence electrons. The maximum atomic E-state index is 13.7. The van der Waals surface area contributed by atoms with Crippen molar-refractivity contribution < 1.29 is 27.5 Å². The van der Waals surface area contributed by atoms with Gasteiger partial charge in [0.15, 0.2) is 0 Å². The number of nitrogens with one attached hydrogen (secondary N) is 1. The molecule has 2 saturated carbocycles. The number of amides is 1. The van der Waals surface area contributed by atoms with Crippen LogP contribution < -0.4 is 5.32 Å². The van der Waals surface area contributed by atoms with Crippen molar-refractivity contribution >= 4 is 5.91 Å². The predicted octanol–water partition coefficient (Wildman–Crippen LogP) is 5.14. The molecule has 2 N–H and O–H groups in total. The average molecular weight is 435 g/mol. The summed E-state index contributed by atoms with van der Waals surface area (Å²) in [6.07, 6.45) is -2.37. The molecule has 0 aromatic heterocycles. The average Bonchev–Trinajstić information content (AvgIpc) is 3.61. The number of carbonyl (C=O) groups is 1. The zero-order valence-corrected chi connectivity index (χ0v) is 17.2. The Kier molecular flexibility index (Phi) is 5.58. The molecule has 0 heterocycles. The van der Waals surface area contributed by atoms with Crippen LogP contribution in [0.25, 0.3) is 0 Å². The molecule has 3 nitrogen and oxygen atoms in total. The Morgan fingerprint density at radius 2 is 1.90 bits per heavy atom. The number of halogens is 4. The Morgan fingerprint density at radius 1 is 1.19 bits per heavy atom. The van der Waals surface area contributed by atoms with Gasteiger partial charge in [0.1, 0.15) is 5.82 Å². The van der Waals surface area contributed by atoms with Gasteiger partial charge >= 0.3 is 6.18 Å². The van der Waals surface area contributed by atoms with Crippen molar-refractivity contribution in [2.45, 2.75) is 56.7 Å². The lowest BCUT2D eigenvalue weighted by molar-refractivity contribution is -0.160. The Bertz CT molecular complexity index is 994. The highest BCUT2D eigenvalue weighted by molar-refractivity contribution is 5.95. The molecule has 0 bridgehead atoms. The lowest BCUT2D eigenvalue weighted by atomic mass is 9.90. The van der Waals surface area contributed by atoms with Crippen LogP contribution in [0.1, 0.15) is 64.3 Å². The molecule has 7 heteroatoms. The monoisotopic (exact) mass is 435 g/mol. The minimum absolute atomic E-state index is 0.000305. The van der Waals surface area contributed by atoms with Crippen molar-refractivity contribution in [3.05, 3.63) is 70.0 Å². The molecular formula is C24H25F4NO2. The molecule has 2 aromatic rings. The van der Waals surface area contributed by atoms with Crippen molar-refractivity contribution in [3.8, 4) is 0 Å². The smallest absolute Gasteiger partial charge is 0.396 e. The molecule has 1 atom stereocenters. The van der Waals surface area contributed by atoms with E-state index < -0.39 is 17.5 Å². The Hall–Kier alpha value is -2.41. The molecule has 2 aromatic carbocycles. The van der Waals surface area contributed by atoms with E-state index in [4.69, 9.17) is 0 Å². The summed E-state index contributed by atoms with van der Waals surface area (Å²) < 4.78 is 54.7. The number of hydrogen-bond acceptors (Lipinski definition) is 2. The van der Waals surface area contributed by atoms with Crippen LogP contribution in [0, 0.1) is 18.7 Å². The third-order valence-electron chi connectivity index (χ3n) is 6.42. The maximum Gasteiger partial charge on any atom is 0.398 e. The van der Waals surface area contributed by atoms with E-state index in [1.54, 1.807) is 25.1 Å². The van der Waals surface area contributed by atoms with E-state index in [-0.39, 0.29) is 54.8 Å². The molecule has 1 amide bonds. The highest BCUT2D eigenvalue weighted by atomic mass is 19.4. The number of aliphatic hydroxyl groups is 1. The van der Waals surface area contributed by atoms with Crippen molar-refractivity contribution in [2.24, 2.45) is 5.92 Å². The van der Waals surface area contributed by atoms with Gasteiger partial charge in [-0.3, -0.25) is 4.79 Å². The summed E-state index contributed by atoms with van der Waals surface area (Å²) in [7, 11) is 0. The SMILES string of the molecule is Cc1cc(C(NC(=O)c2cc(CCO)cc(C3(C(F)(F)F)CC3)c2)C2CC2)ccc1F. The van der Waals surface area contributed by atoms with Gasteiger partial charge in [-0.2, -0.15) is 13.2 Å². The first-order chi connectivity index (χ1) is 14.6. The highest BCUT2D eigenvalue weighted by Crippen LogP contribution is 2.59. The van der Waals surface area contributed by atoms with Gasteiger partial charge in [-0.25, -0.2) is 4.39 Å². The second-order valence-corrected chi connectivity index (χ2v) is 8.77. The summed E-state index contributed by atoms with van der Waals surface area (Å²) >= 11 is 0. The summed E-state index contributed by atoms with van der Waals surface area (Å²) in [5.74, 6) is -0.565. The van der Waals surface area contributed by atoms with Gasteiger partial charge in [0.25, 0.3) is 5.91 Å². The van der Waals surface area contributed by atoms with Crippen LogP contribution in [0.15, 0.2) is 36.4 Å². The van der Waals surface area contributed by atoms with Crippen molar-refractivity contribution in [1.29, 1.82) is 0 Å². The van der Waals surface area contributed by atoms with Crippen LogP contribution in [-0.2, 0) is 11.8 Å². The van der Waals surface area contributed by atoms with Crippen LogP contribution >= 0.6 is 0 Å². The molecule has 4 rings (SSSR count). The molecular weight excluding hydrogens is 410 g/mol. The minimum Gasteiger partial charge on any atom is -0.396 e. The topological polar surface area (TPSA) is 49.3 Å². The Balaban J connectivity index is 1.65. The van der Waals surface area contributed by atoms with E-state index in [1.165, 1.54) is 18.2 Å². The maximum absolute atomic E-state index is 13.7. The molecule has 2 aliphatic carbocycles. The highest BCUT2D eigenvalue weighted by Gasteiger charge is 2.64. The number of hydrogen-bond donors (Lipinski definition) is 2. The van der Waals surface area contributed by atoms with E-state index in [0.717, 1.165) is 18.4 Å². The standard InChI is InChI=1S/C24H25F4NO2/c1-14-10-17(4-5-20(14)25)21(16-2-3-16)29-22(31)18-11-15(6-9-30)12-19(13-18)23(7-8-23)24(26,27)28/h4-5,10-13,16,21,30H,2-3,6-9H2,1H3,(H,29,31). The largest absolute Gasteiger partial charge is 0.398 e. The lowest BCUT2D eigenvalue weighted by Crippen LogP contribution is -2.32. The summed E-state index contributed by atoms with van der Waals surface area (Å²) in [6.45, 7) is 1.44. The summed E-state index contributed by atoms with van der Waals surface area (Å²) in [4.78, 5) is 13.1. The number of alkyl halides is 3. The quantitative estimate of drug-likeness (QED) is 0.592. The third kappa shape index (κ3) is 4.33. The Morgan fingerprint density at radius 3 is 2.45 bits per heavy atom. The number of benzene rings is 2. The zero-order valence-electron chi connectivity index (χ0n) is 17.2. The predicted molar refractivity (Wildman–Crippen MR) is 108 cm³/mol. The van der Waals surface area contributed by atoms with E-state index in [2.05, 4.69) is 5.32 Å². The van der Waals surface area contributed by atoms with Crippen LogP contribution in [0.4, 0.5) is 17.6 Å². The van der Waals surface area contributed by atoms with Gasteiger partial charge in [-0.15, -0.1) is 0 Å². The van der Waals surface area contributed by atoms with Crippen molar-refractivity contribution in [2.75, 3.05) is 6.61 Å². The van der Waals surface area contributed by atoms with Crippen LogP contribution in [0.3, 0.4) is 0 Å². The van der Waals surface area contributed by atoms with Gasteiger partial charge in [-0.05, 0) is 85.4 Å². The molecule has 31 heavy (non-hydrogen) atoms. The first kappa shape index (κ1) is 21.8. The summed E-state index contributed by atoms with van der Waals surface area (Å²) in [5, 5.41) is 12.2. The second-order valence-electron chi connectivity index (χ2n) is 8.77. The van der Waals surface area contributed by atoms with Crippen molar-refractivity contribution in [3.63, 3.8) is 0 Å². The molecule has 0 spiro atoms. The van der Waals surface area contributed by atoms with Gasteiger partial charge in [0.2, 0.25) is 0 Å². The molecule has 0 radical (unpaired) electrons. The molecule has 2 fully saturated rings. The molecule has 1 unspecified atom stereocenters. The molecule has 2 aliphatic rings. The number of aryl methyl sites for hydroxylation is 1. The van der Waals surface area contributed by atoms with Gasteiger partial charge < -0.3 is 10.4 Å². The van der Waals surface area contributed by atoms with Gasteiger partial charge in [-0.1, -0.05) is 18.2 Å². The van der Waals surface area contributed by atoms with Crippen LogP contribution in [0.2, 0.25) is 0 Å². The first-order valence-electron chi connectivity index (χ1n) is 10.5. The van der Waals surface area contributed by atoms with Crippen LogP contribution in [0.5, 0.6) is 0 Å². The molecule has 0 saturated heterocycles. The minimum atomic E-state index is -4.39. The first-order valence-corrected chi connectivity index (χ1v) is 10.5. The van der Waals surface area contributed by atoms with E-state index >= 15 is 0 Å². The normalized spacial score (nSPS) is 18.5. The van der Waals surface area contributed by atoms with Gasteiger partial charge in [0, 0.05) is 12.2 Å².